The first-order valence-electron chi connectivity index (χ1n) is 8.38. The summed E-state index contributed by atoms with van der Waals surface area (Å²) >= 11 is 0. The maximum Gasteiger partial charge on any atom is 0.261 e. The van der Waals surface area contributed by atoms with Gasteiger partial charge in [-0.2, -0.15) is 0 Å². The number of halogens is 1. The van der Waals surface area contributed by atoms with Crippen LogP contribution in [0.1, 0.15) is 15.9 Å². The zero-order valence-corrected chi connectivity index (χ0v) is 15.9. The van der Waals surface area contributed by atoms with Gasteiger partial charge in [0.25, 0.3) is 15.9 Å². The number of anilines is 1. The van der Waals surface area contributed by atoms with Gasteiger partial charge in [-0.1, -0.05) is 18.2 Å². The average molecular weight is 399 g/mol. The Bertz CT molecular complexity index is 1070. The second-order valence-electron chi connectivity index (χ2n) is 6.12. The van der Waals surface area contributed by atoms with E-state index in [9.17, 15) is 17.6 Å². The van der Waals surface area contributed by atoms with Gasteiger partial charge in [-0.05, 0) is 42.5 Å². The van der Waals surface area contributed by atoms with Crippen LogP contribution in [0.3, 0.4) is 0 Å². The molecule has 0 aliphatic rings. The Morgan fingerprint density at radius 3 is 2.32 bits per heavy atom. The molecule has 0 unspecified atom stereocenters. The van der Waals surface area contributed by atoms with Crippen LogP contribution in [-0.4, -0.2) is 31.3 Å². The molecule has 0 radical (unpaired) electrons. The van der Waals surface area contributed by atoms with E-state index in [2.05, 4.69) is 9.71 Å². The molecule has 0 bridgehead atoms. The maximum atomic E-state index is 13.8. The van der Waals surface area contributed by atoms with Gasteiger partial charge in [0.1, 0.15) is 5.82 Å². The van der Waals surface area contributed by atoms with E-state index in [-0.39, 0.29) is 23.2 Å². The van der Waals surface area contributed by atoms with Gasteiger partial charge in [0.05, 0.1) is 10.6 Å². The Morgan fingerprint density at radius 1 is 1.04 bits per heavy atom. The van der Waals surface area contributed by atoms with E-state index in [1.165, 1.54) is 59.8 Å². The van der Waals surface area contributed by atoms with Crippen LogP contribution in [-0.2, 0) is 16.6 Å². The van der Waals surface area contributed by atoms with Gasteiger partial charge in [0.2, 0.25) is 0 Å². The summed E-state index contributed by atoms with van der Waals surface area (Å²) in [5.74, 6) is -0.722. The van der Waals surface area contributed by atoms with Crippen molar-refractivity contribution in [3.05, 3.63) is 90.0 Å². The minimum atomic E-state index is -3.78. The molecule has 1 N–H and O–H groups in total. The fourth-order valence-corrected chi connectivity index (χ4v) is 3.64. The fourth-order valence-electron chi connectivity index (χ4n) is 2.59. The standard InChI is InChI=1S/C20H18FN3O3S/c1-24(14-16-4-2-3-5-19(16)21)20(25)15-6-8-18(9-7-15)28(26,27)23-17-10-12-22-13-11-17/h2-13H,14H2,1H3,(H,22,23). The highest BCUT2D eigenvalue weighted by molar-refractivity contribution is 7.92. The summed E-state index contributed by atoms with van der Waals surface area (Å²) in [5, 5.41) is 0. The summed E-state index contributed by atoms with van der Waals surface area (Å²) in [5.41, 5.74) is 1.10. The molecule has 144 valence electrons. The van der Waals surface area contributed by atoms with Crippen molar-refractivity contribution in [3.63, 3.8) is 0 Å². The van der Waals surface area contributed by atoms with Crippen molar-refractivity contribution < 1.29 is 17.6 Å². The number of benzene rings is 2. The van der Waals surface area contributed by atoms with Crippen molar-refractivity contribution in [1.29, 1.82) is 0 Å². The molecule has 0 saturated carbocycles. The molecule has 1 amide bonds. The van der Waals surface area contributed by atoms with E-state index >= 15 is 0 Å². The van der Waals surface area contributed by atoms with Crippen LogP contribution in [0, 0.1) is 5.82 Å². The van der Waals surface area contributed by atoms with E-state index in [0.717, 1.165) is 0 Å². The molecule has 2 aromatic carbocycles. The number of sulfonamides is 1. The number of hydrogen-bond donors (Lipinski definition) is 1. The minimum absolute atomic E-state index is 0.0256. The number of pyridine rings is 1. The summed E-state index contributed by atoms with van der Waals surface area (Å²) in [6, 6.07) is 14.9. The lowest BCUT2D eigenvalue weighted by Crippen LogP contribution is -2.26. The quantitative estimate of drug-likeness (QED) is 0.690. The minimum Gasteiger partial charge on any atom is -0.337 e. The molecule has 0 aliphatic heterocycles. The van der Waals surface area contributed by atoms with Gasteiger partial charge in [-0.3, -0.25) is 14.5 Å². The van der Waals surface area contributed by atoms with Crippen molar-refractivity contribution in [2.75, 3.05) is 11.8 Å². The largest absolute Gasteiger partial charge is 0.337 e. The van der Waals surface area contributed by atoms with Crippen LogP contribution in [0.25, 0.3) is 0 Å². The summed E-state index contributed by atoms with van der Waals surface area (Å²) in [7, 11) is -2.22. The lowest BCUT2D eigenvalue weighted by atomic mass is 10.1. The Morgan fingerprint density at radius 2 is 1.68 bits per heavy atom. The smallest absolute Gasteiger partial charge is 0.261 e. The third-order valence-corrected chi connectivity index (χ3v) is 5.45. The van der Waals surface area contributed by atoms with Gasteiger partial charge in [0.15, 0.2) is 0 Å². The SMILES string of the molecule is CN(Cc1ccccc1F)C(=O)c1ccc(S(=O)(=O)Nc2ccncc2)cc1. The normalized spacial score (nSPS) is 11.1. The lowest BCUT2D eigenvalue weighted by Gasteiger charge is -2.18. The molecule has 0 aliphatic carbocycles. The first-order chi connectivity index (χ1) is 13.4. The van der Waals surface area contributed by atoms with E-state index in [1.807, 2.05) is 0 Å². The van der Waals surface area contributed by atoms with E-state index in [1.54, 1.807) is 25.2 Å². The summed E-state index contributed by atoms with van der Waals surface area (Å²) in [6.45, 7) is 0.106. The Balaban J connectivity index is 1.72. The van der Waals surface area contributed by atoms with Crippen LogP contribution in [0.2, 0.25) is 0 Å². The molecule has 0 spiro atoms. The second-order valence-corrected chi connectivity index (χ2v) is 7.80. The van der Waals surface area contributed by atoms with Gasteiger partial charge >= 0.3 is 0 Å². The summed E-state index contributed by atoms with van der Waals surface area (Å²) in [4.78, 5) is 17.8. The number of nitrogens with zero attached hydrogens (tertiary/aromatic N) is 2. The van der Waals surface area contributed by atoms with Crippen molar-refractivity contribution in [3.8, 4) is 0 Å². The molecule has 28 heavy (non-hydrogen) atoms. The van der Waals surface area contributed by atoms with Gasteiger partial charge in [-0.25, -0.2) is 12.8 Å². The van der Waals surface area contributed by atoms with Crippen molar-refractivity contribution in [2.45, 2.75) is 11.4 Å². The lowest BCUT2D eigenvalue weighted by molar-refractivity contribution is 0.0783. The van der Waals surface area contributed by atoms with Gasteiger partial charge in [-0.15, -0.1) is 0 Å². The third kappa shape index (κ3) is 4.52. The molecule has 0 saturated heterocycles. The Labute approximate surface area is 162 Å². The number of aromatic nitrogens is 1. The molecular weight excluding hydrogens is 381 g/mol. The topological polar surface area (TPSA) is 79.4 Å². The molecule has 1 heterocycles. The van der Waals surface area contributed by atoms with Crippen LogP contribution >= 0.6 is 0 Å². The first kappa shape index (κ1) is 19.5. The second kappa shape index (κ2) is 8.18. The molecule has 3 aromatic rings. The molecule has 8 heteroatoms. The van der Waals surface area contributed by atoms with Crippen LogP contribution in [0.4, 0.5) is 10.1 Å². The third-order valence-electron chi connectivity index (χ3n) is 4.06. The van der Waals surface area contributed by atoms with E-state index in [0.29, 0.717) is 16.8 Å². The Hall–Kier alpha value is -3.26. The Kier molecular flexibility index (Phi) is 5.70. The van der Waals surface area contributed by atoms with Crippen molar-refractivity contribution in [2.24, 2.45) is 0 Å². The zero-order chi connectivity index (χ0) is 20.1. The number of carbonyl (C=O) groups excluding carboxylic acids is 1. The van der Waals surface area contributed by atoms with E-state index < -0.39 is 10.0 Å². The molecule has 3 rings (SSSR count). The summed E-state index contributed by atoms with van der Waals surface area (Å²) in [6.07, 6.45) is 2.95. The number of nitrogens with one attached hydrogen (secondary N) is 1. The number of hydrogen-bond acceptors (Lipinski definition) is 4. The van der Waals surface area contributed by atoms with Gasteiger partial charge < -0.3 is 4.90 Å². The van der Waals surface area contributed by atoms with Crippen molar-refractivity contribution in [1.82, 2.24) is 9.88 Å². The van der Waals surface area contributed by atoms with E-state index in [4.69, 9.17) is 0 Å². The molecular formula is C20H18FN3O3S. The predicted octanol–water partition coefficient (Wildman–Crippen LogP) is 3.29. The molecule has 6 nitrogen and oxygen atoms in total. The highest BCUT2D eigenvalue weighted by atomic mass is 32.2. The maximum absolute atomic E-state index is 13.8. The van der Waals surface area contributed by atoms with Crippen LogP contribution < -0.4 is 4.72 Å². The zero-order valence-electron chi connectivity index (χ0n) is 15.0. The number of rotatable bonds is 6. The van der Waals surface area contributed by atoms with Crippen LogP contribution in [0.15, 0.2) is 78.0 Å². The predicted molar refractivity (Wildman–Crippen MR) is 104 cm³/mol. The average Bonchev–Trinajstić information content (AvgIpc) is 2.69. The molecule has 0 atom stereocenters. The van der Waals surface area contributed by atoms with Crippen molar-refractivity contribution >= 4 is 21.6 Å². The first-order valence-corrected chi connectivity index (χ1v) is 9.87. The fraction of sp³-hybridized carbons (Fsp3) is 0.100. The highest BCUT2D eigenvalue weighted by Crippen LogP contribution is 2.17. The van der Waals surface area contributed by atoms with Crippen LogP contribution in [0.5, 0.6) is 0 Å². The summed E-state index contributed by atoms with van der Waals surface area (Å²) < 4.78 is 41.1. The molecule has 0 fully saturated rings. The molecule has 1 aromatic heterocycles. The number of amides is 1. The monoisotopic (exact) mass is 399 g/mol. The highest BCUT2D eigenvalue weighted by Gasteiger charge is 2.17. The van der Waals surface area contributed by atoms with Gasteiger partial charge in [0, 0.05) is 37.1 Å². The number of carbonyl (C=O) groups is 1.